The Kier molecular flexibility index (Phi) is 5.10. The van der Waals surface area contributed by atoms with E-state index in [1.54, 1.807) is 18.1 Å². The molecule has 6 heteroatoms. The molecular formula is C18H17ClN4S. The van der Waals surface area contributed by atoms with E-state index in [4.69, 9.17) is 11.6 Å². The van der Waals surface area contributed by atoms with Gasteiger partial charge in [-0.25, -0.2) is 0 Å². The van der Waals surface area contributed by atoms with E-state index in [0.717, 1.165) is 40.0 Å². The van der Waals surface area contributed by atoms with Crippen LogP contribution >= 0.6 is 23.5 Å². The molecule has 0 fully saturated rings. The summed E-state index contributed by atoms with van der Waals surface area (Å²) in [7, 11) is 1.95. The van der Waals surface area contributed by atoms with Crippen LogP contribution in [-0.2, 0) is 13.6 Å². The van der Waals surface area contributed by atoms with Gasteiger partial charge >= 0.3 is 0 Å². The first kappa shape index (κ1) is 16.8. The molecular weight excluding hydrogens is 340 g/mol. The molecule has 3 rings (SSSR count). The molecule has 122 valence electrons. The lowest BCUT2D eigenvalue weighted by Gasteiger charge is -2.08. The summed E-state index contributed by atoms with van der Waals surface area (Å²) in [6.45, 7) is 2.84. The average molecular weight is 357 g/mol. The molecule has 0 aliphatic heterocycles. The van der Waals surface area contributed by atoms with Crippen LogP contribution in [0.1, 0.15) is 18.1 Å². The second-order valence-corrected chi connectivity index (χ2v) is 6.98. The highest BCUT2D eigenvalue weighted by Crippen LogP contribution is 2.33. The minimum Gasteiger partial charge on any atom is -0.342 e. The van der Waals surface area contributed by atoms with Crippen molar-refractivity contribution in [3.8, 4) is 17.3 Å². The van der Waals surface area contributed by atoms with Crippen molar-refractivity contribution < 1.29 is 0 Å². The number of nitrogens with one attached hydrogen (secondary N) is 1. The Morgan fingerprint density at radius 3 is 2.92 bits per heavy atom. The summed E-state index contributed by atoms with van der Waals surface area (Å²) in [6.07, 6.45) is 3.64. The van der Waals surface area contributed by atoms with E-state index >= 15 is 0 Å². The lowest BCUT2D eigenvalue weighted by molar-refractivity contribution is 0.953. The van der Waals surface area contributed by atoms with E-state index < -0.39 is 0 Å². The third-order valence-electron chi connectivity index (χ3n) is 3.87. The van der Waals surface area contributed by atoms with Gasteiger partial charge in [0.15, 0.2) is 0 Å². The second kappa shape index (κ2) is 7.27. The van der Waals surface area contributed by atoms with Gasteiger partial charge in [0.25, 0.3) is 0 Å². The normalized spacial score (nSPS) is 10.9. The van der Waals surface area contributed by atoms with Crippen molar-refractivity contribution in [3.63, 3.8) is 0 Å². The van der Waals surface area contributed by atoms with Crippen LogP contribution in [0.5, 0.6) is 0 Å². The molecule has 24 heavy (non-hydrogen) atoms. The van der Waals surface area contributed by atoms with Gasteiger partial charge in [0.2, 0.25) is 0 Å². The quantitative estimate of drug-likeness (QED) is 0.539. The predicted octanol–water partition coefficient (Wildman–Crippen LogP) is 4.52. The molecule has 1 aromatic carbocycles. The lowest BCUT2D eigenvalue weighted by atomic mass is 10.1. The van der Waals surface area contributed by atoms with Gasteiger partial charge in [-0.15, -0.1) is 0 Å². The first-order valence-corrected chi connectivity index (χ1v) is 8.99. The molecule has 2 aromatic heterocycles. The topological polar surface area (TPSA) is 53.6 Å². The molecule has 0 saturated carbocycles. The monoisotopic (exact) mass is 356 g/mol. The van der Waals surface area contributed by atoms with Crippen LogP contribution in [0, 0.1) is 11.3 Å². The largest absolute Gasteiger partial charge is 0.342 e. The number of fused-ring (bicyclic) bond motifs is 1. The standard InChI is InChI=1S/C18H17ClN4S/c1-3-24-22-10-12-6-13(11-21-9-12)18-16(8-20)15-5-4-14(19)7-17(15)23(18)2/h4-7,9,11,22H,3,10H2,1-2H3. The number of aryl methyl sites for hydroxylation is 1. The Morgan fingerprint density at radius 1 is 1.33 bits per heavy atom. The summed E-state index contributed by atoms with van der Waals surface area (Å²) in [4.78, 5) is 4.35. The Bertz CT molecular complexity index is 927. The van der Waals surface area contributed by atoms with E-state index in [0.29, 0.717) is 10.6 Å². The number of aromatic nitrogens is 2. The van der Waals surface area contributed by atoms with Crippen molar-refractivity contribution in [1.82, 2.24) is 14.3 Å². The molecule has 2 heterocycles. The Morgan fingerprint density at radius 2 is 2.17 bits per heavy atom. The highest BCUT2D eigenvalue weighted by Gasteiger charge is 2.17. The third kappa shape index (κ3) is 3.13. The number of hydrogen-bond acceptors (Lipinski definition) is 4. The minimum absolute atomic E-state index is 0.652. The number of hydrogen-bond donors (Lipinski definition) is 1. The Labute approximate surface area is 150 Å². The molecule has 3 aromatic rings. The van der Waals surface area contributed by atoms with E-state index in [-0.39, 0.29) is 0 Å². The lowest BCUT2D eigenvalue weighted by Crippen LogP contribution is -2.04. The number of rotatable bonds is 5. The van der Waals surface area contributed by atoms with E-state index in [1.807, 2.05) is 36.0 Å². The number of benzene rings is 1. The van der Waals surface area contributed by atoms with E-state index in [1.165, 1.54) is 0 Å². The number of nitrogens with zero attached hydrogens (tertiary/aromatic N) is 3. The molecule has 0 unspecified atom stereocenters. The number of nitriles is 1. The Hall–Kier alpha value is -2.00. The molecule has 0 aliphatic carbocycles. The zero-order chi connectivity index (χ0) is 17.1. The Balaban J connectivity index is 2.11. The molecule has 1 N–H and O–H groups in total. The highest BCUT2D eigenvalue weighted by atomic mass is 35.5. The van der Waals surface area contributed by atoms with Gasteiger partial charge in [0.05, 0.1) is 16.8 Å². The average Bonchev–Trinajstić information content (AvgIpc) is 2.87. The predicted molar refractivity (Wildman–Crippen MR) is 101 cm³/mol. The maximum atomic E-state index is 9.67. The summed E-state index contributed by atoms with van der Waals surface area (Å²) in [6, 6.07) is 10.0. The van der Waals surface area contributed by atoms with Crippen molar-refractivity contribution in [2.45, 2.75) is 13.5 Å². The van der Waals surface area contributed by atoms with Gasteiger partial charge in [-0.2, -0.15) is 5.26 Å². The SMILES string of the molecule is CCSNCc1cncc(-c2c(C#N)c3ccc(Cl)cc3n2C)c1. The van der Waals surface area contributed by atoms with Gasteiger partial charge < -0.3 is 4.57 Å². The van der Waals surface area contributed by atoms with Gasteiger partial charge in [0.1, 0.15) is 6.07 Å². The summed E-state index contributed by atoms with van der Waals surface area (Å²) >= 11 is 7.79. The number of halogens is 1. The van der Waals surface area contributed by atoms with E-state index in [9.17, 15) is 5.26 Å². The molecule has 0 atom stereocenters. The molecule has 4 nitrogen and oxygen atoms in total. The van der Waals surface area contributed by atoms with Gasteiger partial charge in [-0.3, -0.25) is 9.71 Å². The zero-order valence-electron chi connectivity index (χ0n) is 13.5. The molecule has 0 amide bonds. The van der Waals surface area contributed by atoms with Gasteiger partial charge in [0, 0.05) is 47.7 Å². The summed E-state index contributed by atoms with van der Waals surface area (Å²) < 4.78 is 5.30. The molecule has 0 saturated heterocycles. The maximum Gasteiger partial charge on any atom is 0.102 e. The van der Waals surface area contributed by atoms with Crippen molar-refractivity contribution >= 4 is 34.5 Å². The molecule has 0 radical (unpaired) electrons. The summed E-state index contributed by atoms with van der Waals surface area (Å²) in [5.41, 5.74) is 4.48. The van der Waals surface area contributed by atoms with E-state index in [2.05, 4.69) is 28.8 Å². The van der Waals surface area contributed by atoms with Crippen molar-refractivity contribution in [2.24, 2.45) is 7.05 Å². The molecule has 0 spiro atoms. The van der Waals surface area contributed by atoms with Crippen LogP contribution < -0.4 is 4.72 Å². The minimum atomic E-state index is 0.652. The summed E-state index contributed by atoms with van der Waals surface area (Å²) in [5, 5.41) is 11.2. The fourth-order valence-corrected chi connectivity index (χ4v) is 3.45. The smallest absolute Gasteiger partial charge is 0.102 e. The highest BCUT2D eigenvalue weighted by molar-refractivity contribution is 7.97. The van der Waals surface area contributed by atoms with Gasteiger partial charge in [-0.1, -0.05) is 30.5 Å². The van der Waals surface area contributed by atoms with Crippen molar-refractivity contribution in [1.29, 1.82) is 5.26 Å². The fraction of sp³-hybridized carbons (Fsp3) is 0.222. The van der Waals surface area contributed by atoms with Crippen molar-refractivity contribution in [3.05, 3.63) is 52.8 Å². The fourth-order valence-electron chi connectivity index (χ4n) is 2.81. The third-order valence-corrected chi connectivity index (χ3v) is 4.74. The van der Waals surface area contributed by atoms with Crippen LogP contribution in [0.2, 0.25) is 5.02 Å². The molecule has 0 aliphatic rings. The summed E-state index contributed by atoms with van der Waals surface area (Å²) in [5.74, 6) is 1.01. The van der Waals surface area contributed by atoms with Crippen molar-refractivity contribution in [2.75, 3.05) is 5.75 Å². The zero-order valence-corrected chi connectivity index (χ0v) is 15.1. The van der Waals surface area contributed by atoms with Crippen LogP contribution in [0.15, 0.2) is 36.7 Å². The van der Waals surface area contributed by atoms with Crippen LogP contribution in [0.25, 0.3) is 22.2 Å². The van der Waals surface area contributed by atoms with Crippen LogP contribution in [-0.4, -0.2) is 15.3 Å². The molecule has 0 bridgehead atoms. The first-order valence-electron chi connectivity index (χ1n) is 7.62. The first-order chi connectivity index (χ1) is 11.7. The van der Waals surface area contributed by atoms with Gasteiger partial charge in [-0.05, 0) is 29.8 Å². The second-order valence-electron chi connectivity index (χ2n) is 5.39. The van der Waals surface area contributed by atoms with Crippen LogP contribution in [0.4, 0.5) is 0 Å². The van der Waals surface area contributed by atoms with Crippen LogP contribution in [0.3, 0.4) is 0 Å². The maximum absolute atomic E-state index is 9.67. The number of pyridine rings is 1.